The van der Waals surface area contributed by atoms with Gasteiger partial charge in [-0.3, -0.25) is 0 Å². The molecule has 4 heteroatoms. The summed E-state index contributed by atoms with van der Waals surface area (Å²) in [6.45, 7) is 15.0. The average molecular weight is 411 g/mol. The Bertz CT molecular complexity index is 783. The number of esters is 1. The summed E-state index contributed by atoms with van der Waals surface area (Å²) in [6, 6.07) is 14.4. The molecule has 0 amide bonds. The van der Waals surface area contributed by atoms with Gasteiger partial charge in [-0.05, 0) is 69.0 Å². The van der Waals surface area contributed by atoms with Crippen LogP contribution in [0.15, 0.2) is 61.7 Å². The fourth-order valence-corrected chi connectivity index (χ4v) is 2.44. The number of phenols is 1. The van der Waals surface area contributed by atoms with Crippen LogP contribution in [0.5, 0.6) is 11.5 Å². The number of aromatic hydroxyl groups is 1. The summed E-state index contributed by atoms with van der Waals surface area (Å²) in [5.41, 5.74) is 1.54. The molecule has 0 radical (unpaired) electrons. The van der Waals surface area contributed by atoms with E-state index in [1.54, 1.807) is 24.3 Å². The van der Waals surface area contributed by atoms with Crippen LogP contribution < -0.4 is 4.74 Å². The quantitative estimate of drug-likeness (QED) is 0.495. The van der Waals surface area contributed by atoms with Gasteiger partial charge in [-0.1, -0.05) is 62.9 Å². The Hall–Kier alpha value is -3.01. The first-order valence-corrected chi connectivity index (χ1v) is 10.2. The molecule has 0 aliphatic rings. The zero-order valence-corrected chi connectivity index (χ0v) is 18.6. The molecule has 1 unspecified atom stereocenters. The molecule has 0 saturated heterocycles. The van der Waals surface area contributed by atoms with Crippen molar-refractivity contribution in [1.29, 1.82) is 0 Å². The number of hydrogen-bond acceptors (Lipinski definition) is 4. The highest BCUT2D eigenvalue weighted by Crippen LogP contribution is 2.19. The van der Waals surface area contributed by atoms with Crippen molar-refractivity contribution in [3.05, 3.63) is 72.8 Å². The van der Waals surface area contributed by atoms with Gasteiger partial charge in [0.05, 0.1) is 0 Å². The fraction of sp³-hybridized carbons (Fsp3) is 0.346. The fourth-order valence-electron chi connectivity index (χ4n) is 2.44. The van der Waals surface area contributed by atoms with E-state index in [1.807, 2.05) is 57.2 Å². The monoisotopic (exact) mass is 410 g/mol. The summed E-state index contributed by atoms with van der Waals surface area (Å²) in [7, 11) is 0. The number of phenolic OH excluding ortho intramolecular Hbond substituents is 1. The van der Waals surface area contributed by atoms with E-state index in [0.717, 1.165) is 24.0 Å². The minimum absolute atomic E-state index is 0.292. The van der Waals surface area contributed by atoms with Gasteiger partial charge in [-0.25, -0.2) is 4.79 Å². The molecule has 162 valence electrons. The molecule has 2 aromatic rings. The molecule has 0 heterocycles. The first kappa shape index (κ1) is 25.0. The molecule has 0 saturated carbocycles. The van der Waals surface area contributed by atoms with Crippen molar-refractivity contribution in [2.45, 2.75) is 58.7 Å². The normalized spacial score (nSPS) is 11.5. The zero-order valence-electron chi connectivity index (χ0n) is 18.6. The number of unbranched alkanes of at least 4 members (excludes halogenated alkanes) is 1. The highest BCUT2D eigenvalue weighted by molar-refractivity contribution is 5.75. The first-order chi connectivity index (χ1) is 14.2. The number of ether oxygens (including phenoxy) is 2. The molecule has 1 atom stereocenters. The molecule has 2 rings (SSSR count). The number of benzene rings is 2. The topological polar surface area (TPSA) is 55.8 Å². The van der Waals surface area contributed by atoms with Crippen molar-refractivity contribution in [1.82, 2.24) is 0 Å². The molecule has 2 aromatic carbocycles. The molecular weight excluding hydrogens is 376 g/mol. The van der Waals surface area contributed by atoms with E-state index in [2.05, 4.69) is 20.1 Å². The second-order valence-electron chi connectivity index (χ2n) is 7.85. The highest BCUT2D eigenvalue weighted by Gasteiger charge is 2.26. The van der Waals surface area contributed by atoms with E-state index in [-0.39, 0.29) is 5.97 Å². The van der Waals surface area contributed by atoms with Gasteiger partial charge < -0.3 is 14.6 Å². The van der Waals surface area contributed by atoms with E-state index < -0.39 is 11.7 Å². The summed E-state index contributed by atoms with van der Waals surface area (Å²) in [5, 5.41) is 8.82. The number of carbonyl (C=O) groups is 1. The Kier molecular flexibility index (Phi) is 10.5. The second-order valence-corrected chi connectivity index (χ2v) is 7.85. The SMILES string of the molecule is C=Cc1ccc(O)cc1.C=Cc1ccc(OC(CCCC)C(=O)OC(C)(C)C)cc1. The summed E-state index contributed by atoms with van der Waals surface area (Å²) in [6.07, 6.45) is 5.55. The largest absolute Gasteiger partial charge is 0.508 e. The Labute approximate surface area is 180 Å². The van der Waals surface area contributed by atoms with E-state index in [4.69, 9.17) is 14.6 Å². The van der Waals surface area contributed by atoms with Crippen LogP contribution in [0, 0.1) is 0 Å². The van der Waals surface area contributed by atoms with Crippen LogP contribution in [0.25, 0.3) is 12.2 Å². The van der Waals surface area contributed by atoms with Crippen molar-refractivity contribution in [3.63, 3.8) is 0 Å². The Balaban J connectivity index is 0.000000414. The molecule has 1 N–H and O–H groups in total. The van der Waals surface area contributed by atoms with E-state index in [9.17, 15) is 4.79 Å². The van der Waals surface area contributed by atoms with Crippen LogP contribution in [-0.4, -0.2) is 22.8 Å². The van der Waals surface area contributed by atoms with Gasteiger partial charge in [-0.2, -0.15) is 0 Å². The summed E-state index contributed by atoms with van der Waals surface area (Å²) >= 11 is 0. The van der Waals surface area contributed by atoms with Crippen LogP contribution in [0.3, 0.4) is 0 Å². The lowest BCUT2D eigenvalue weighted by molar-refractivity contribution is -0.163. The third kappa shape index (κ3) is 9.97. The van der Waals surface area contributed by atoms with Crippen molar-refractivity contribution >= 4 is 18.1 Å². The minimum Gasteiger partial charge on any atom is -0.508 e. The second kappa shape index (κ2) is 12.5. The number of carbonyl (C=O) groups excluding carboxylic acids is 1. The average Bonchev–Trinajstić information content (AvgIpc) is 2.71. The lowest BCUT2D eigenvalue weighted by Gasteiger charge is -2.24. The van der Waals surface area contributed by atoms with Crippen LogP contribution in [0.2, 0.25) is 0 Å². The van der Waals surface area contributed by atoms with Gasteiger partial charge in [0.15, 0.2) is 6.10 Å². The Morgan fingerprint density at radius 3 is 1.93 bits per heavy atom. The van der Waals surface area contributed by atoms with Gasteiger partial charge in [0.25, 0.3) is 0 Å². The Morgan fingerprint density at radius 1 is 1.00 bits per heavy atom. The third-order valence-electron chi connectivity index (χ3n) is 4.01. The minimum atomic E-state index is -0.557. The van der Waals surface area contributed by atoms with Crippen molar-refractivity contribution in [2.75, 3.05) is 0 Å². The molecule has 0 fully saturated rings. The maximum Gasteiger partial charge on any atom is 0.347 e. The molecule has 0 bridgehead atoms. The lowest BCUT2D eigenvalue weighted by Crippen LogP contribution is -2.35. The predicted molar refractivity (Wildman–Crippen MR) is 125 cm³/mol. The van der Waals surface area contributed by atoms with Crippen molar-refractivity contribution < 1.29 is 19.4 Å². The van der Waals surface area contributed by atoms with Gasteiger partial charge in [0, 0.05) is 0 Å². The smallest absolute Gasteiger partial charge is 0.347 e. The third-order valence-corrected chi connectivity index (χ3v) is 4.01. The van der Waals surface area contributed by atoms with Crippen molar-refractivity contribution in [3.8, 4) is 11.5 Å². The van der Waals surface area contributed by atoms with Gasteiger partial charge in [0.2, 0.25) is 0 Å². The van der Waals surface area contributed by atoms with Gasteiger partial charge in [0.1, 0.15) is 17.1 Å². The molecule has 0 aliphatic carbocycles. The summed E-state index contributed by atoms with van der Waals surface area (Å²) in [4.78, 5) is 12.2. The molecular formula is C26H34O4. The standard InChI is InChI=1S/C18H26O3.C8H8O/c1-6-8-9-16(17(19)21-18(3,4)5)20-15-12-10-14(7-2)11-13-15;1-2-7-3-5-8(9)6-4-7/h7,10-13,16H,2,6,8-9H2,1,3-5H3;2-6,9H,1H2. The van der Waals surface area contributed by atoms with Gasteiger partial charge >= 0.3 is 5.97 Å². The number of rotatable bonds is 8. The van der Waals surface area contributed by atoms with E-state index >= 15 is 0 Å². The lowest BCUT2D eigenvalue weighted by atomic mass is 10.1. The molecule has 4 nitrogen and oxygen atoms in total. The molecule has 0 spiro atoms. The maximum absolute atomic E-state index is 12.2. The molecule has 0 aliphatic heterocycles. The van der Waals surface area contributed by atoms with E-state index in [0.29, 0.717) is 17.9 Å². The first-order valence-electron chi connectivity index (χ1n) is 10.2. The van der Waals surface area contributed by atoms with Crippen LogP contribution >= 0.6 is 0 Å². The van der Waals surface area contributed by atoms with Crippen molar-refractivity contribution in [2.24, 2.45) is 0 Å². The van der Waals surface area contributed by atoms with Crippen LogP contribution in [0.4, 0.5) is 0 Å². The molecule has 0 aromatic heterocycles. The van der Waals surface area contributed by atoms with Gasteiger partial charge in [-0.15, -0.1) is 0 Å². The summed E-state index contributed by atoms with van der Waals surface area (Å²) in [5.74, 6) is 0.664. The van der Waals surface area contributed by atoms with Crippen LogP contribution in [0.1, 0.15) is 58.1 Å². The molecule has 30 heavy (non-hydrogen) atoms. The highest BCUT2D eigenvalue weighted by atomic mass is 16.6. The Morgan fingerprint density at radius 2 is 1.50 bits per heavy atom. The maximum atomic E-state index is 12.2. The summed E-state index contributed by atoms with van der Waals surface area (Å²) < 4.78 is 11.2. The van der Waals surface area contributed by atoms with E-state index in [1.165, 1.54) is 0 Å². The number of hydrogen-bond donors (Lipinski definition) is 1. The van der Waals surface area contributed by atoms with Crippen LogP contribution in [-0.2, 0) is 9.53 Å². The predicted octanol–water partition coefficient (Wildman–Crippen LogP) is 6.64. The zero-order chi connectivity index (χ0) is 22.6.